The van der Waals surface area contributed by atoms with Crippen molar-refractivity contribution in [3.63, 3.8) is 0 Å². The summed E-state index contributed by atoms with van der Waals surface area (Å²) < 4.78 is 9.10. The minimum absolute atomic E-state index is 0.00372. The average Bonchev–Trinajstić information content (AvgIpc) is 2.95. The van der Waals surface area contributed by atoms with Crippen molar-refractivity contribution in [3.05, 3.63) is 16.7 Å². The number of aliphatic hydroxyl groups excluding tert-OH is 1. The van der Waals surface area contributed by atoms with Gasteiger partial charge in [-0.05, 0) is 13.3 Å². The van der Waals surface area contributed by atoms with E-state index in [0.717, 1.165) is 0 Å². The Morgan fingerprint density at radius 1 is 1.65 bits per heavy atom. The van der Waals surface area contributed by atoms with E-state index in [9.17, 15) is 9.90 Å². The summed E-state index contributed by atoms with van der Waals surface area (Å²) in [4.78, 5) is 18.7. The fourth-order valence-electron chi connectivity index (χ4n) is 3.21. The van der Waals surface area contributed by atoms with Crippen molar-refractivity contribution in [2.75, 3.05) is 5.73 Å². The van der Waals surface area contributed by atoms with Crippen molar-refractivity contribution < 1.29 is 14.4 Å². The molecule has 4 N–H and O–H groups in total. The van der Waals surface area contributed by atoms with Crippen molar-refractivity contribution in [2.45, 2.75) is 38.2 Å². The van der Waals surface area contributed by atoms with Gasteiger partial charge >= 0.3 is 5.56 Å². The van der Waals surface area contributed by atoms with Gasteiger partial charge in [-0.1, -0.05) is 0 Å². The van der Waals surface area contributed by atoms with Crippen LogP contribution in [-0.4, -0.2) is 31.8 Å². The van der Waals surface area contributed by atoms with E-state index in [-0.39, 0.29) is 23.5 Å². The standard InChI is InChI=1S/C14H18N6O3/c1-7-8(4-3-5-15)10(21)13(23-7)20-6-19(2)9-11(20)17-14(16)18-12(9)22/h6-8,10,13,21H,3-4H2,1-2H3,(H2-,16,17,18,22)/p+1/t7-,8-,10-,13?/m1/s1. The number of aromatic nitrogens is 4. The average molecular weight is 319 g/mol. The van der Waals surface area contributed by atoms with E-state index in [1.54, 1.807) is 22.5 Å². The lowest BCUT2D eigenvalue weighted by atomic mass is 9.94. The Balaban J connectivity index is 2.05. The molecule has 0 radical (unpaired) electrons. The molecule has 1 fully saturated rings. The molecular formula is C14H19N6O3+. The summed E-state index contributed by atoms with van der Waals surface area (Å²) in [7, 11) is 1.71. The zero-order chi connectivity index (χ0) is 16.7. The molecule has 4 atom stereocenters. The lowest BCUT2D eigenvalue weighted by Gasteiger charge is -2.15. The van der Waals surface area contributed by atoms with E-state index in [0.29, 0.717) is 24.0 Å². The Kier molecular flexibility index (Phi) is 3.79. The van der Waals surface area contributed by atoms with Crippen molar-refractivity contribution in [2.24, 2.45) is 13.0 Å². The number of ether oxygens (including phenoxy) is 1. The van der Waals surface area contributed by atoms with Gasteiger partial charge < -0.3 is 15.6 Å². The number of nitrogens with one attached hydrogen (secondary N) is 1. The molecule has 2 aromatic heterocycles. The third-order valence-corrected chi connectivity index (χ3v) is 4.34. The summed E-state index contributed by atoms with van der Waals surface area (Å²) in [6, 6.07) is 2.09. The Bertz CT molecular complexity index is 835. The highest BCUT2D eigenvalue weighted by molar-refractivity contribution is 5.66. The Labute approximate surface area is 131 Å². The molecule has 0 saturated carbocycles. The maximum absolute atomic E-state index is 12.1. The maximum Gasteiger partial charge on any atom is 0.304 e. The first-order chi connectivity index (χ1) is 10.9. The first kappa shape index (κ1) is 15.5. The number of aryl methyl sites for hydroxylation is 1. The second kappa shape index (κ2) is 5.64. The molecule has 0 amide bonds. The second-order valence-corrected chi connectivity index (χ2v) is 5.84. The van der Waals surface area contributed by atoms with Crippen LogP contribution in [0.4, 0.5) is 5.95 Å². The fraction of sp³-hybridized carbons (Fsp3) is 0.571. The van der Waals surface area contributed by atoms with Crippen LogP contribution in [0.2, 0.25) is 0 Å². The number of nitrogens with zero attached hydrogens (tertiary/aromatic N) is 4. The summed E-state index contributed by atoms with van der Waals surface area (Å²) in [5.74, 6) is -0.147. The van der Waals surface area contributed by atoms with Crippen LogP contribution in [0.3, 0.4) is 0 Å². The van der Waals surface area contributed by atoms with E-state index in [4.69, 9.17) is 15.7 Å². The van der Waals surface area contributed by atoms with Gasteiger partial charge in [-0.2, -0.15) is 14.8 Å². The summed E-state index contributed by atoms with van der Waals surface area (Å²) >= 11 is 0. The van der Waals surface area contributed by atoms with Crippen molar-refractivity contribution in [3.8, 4) is 6.07 Å². The predicted molar refractivity (Wildman–Crippen MR) is 79.9 cm³/mol. The molecule has 0 bridgehead atoms. The molecule has 1 saturated heterocycles. The van der Waals surface area contributed by atoms with Gasteiger partial charge in [0.15, 0.2) is 0 Å². The van der Waals surface area contributed by atoms with Crippen molar-refractivity contribution in [1.29, 1.82) is 5.26 Å². The molecule has 0 spiro atoms. The number of H-pyrrole nitrogens is 1. The van der Waals surface area contributed by atoms with Gasteiger partial charge in [-0.3, -0.25) is 9.78 Å². The van der Waals surface area contributed by atoms with Gasteiger partial charge in [0.25, 0.3) is 11.2 Å². The number of imidazole rings is 1. The van der Waals surface area contributed by atoms with Crippen LogP contribution in [0.15, 0.2) is 11.1 Å². The summed E-state index contributed by atoms with van der Waals surface area (Å²) in [6.45, 7) is 1.87. The Hall–Kier alpha value is -2.44. The molecule has 0 aromatic carbocycles. The number of nitrogens with two attached hydrogens (primary N) is 1. The number of hydrogen-bond acceptors (Lipinski definition) is 6. The SMILES string of the molecule is C[C@H]1OC(n2c[n+](C)c3c(=O)[nH]c(N)nc32)[C@H](O)[C@@H]1CCC#N. The smallest absolute Gasteiger partial charge is 0.304 e. The number of anilines is 1. The van der Waals surface area contributed by atoms with E-state index < -0.39 is 12.3 Å². The molecule has 122 valence electrons. The molecule has 23 heavy (non-hydrogen) atoms. The van der Waals surface area contributed by atoms with Crippen LogP contribution >= 0.6 is 0 Å². The molecule has 9 heteroatoms. The fourth-order valence-corrected chi connectivity index (χ4v) is 3.21. The molecule has 1 aliphatic rings. The molecule has 2 aromatic rings. The monoisotopic (exact) mass is 319 g/mol. The van der Waals surface area contributed by atoms with Crippen LogP contribution in [0.5, 0.6) is 0 Å². The van der Waals surface area contributed by atoms with E-state index in [1.165, 1.54) is 0 Å². The number of nitrogen functional groups attached to an aromatic ring is 1. The Morgan fingerprint density at radius 3 is 3.09 bits per heavy atom. The largest absolute Gasteiger partial charge is 0.386 e. The van der Waals surface area contributed by atoms with Gasteiger partial charge in [0.2, 0.25) is 18.5 Å². The number of aromatic amines is 1. The predicted octanol–water partition coefficient (Wildman–Crippen LogP) is -0.671. The van der Waals surface area contributed by atoms with Gasteiger partial charge in [0.05, 0.1) is 19.2 Å². The van der Waals surface area contributed by atoms with Crippen molar-refractivity contribution in [1.82, 2.24) is 14.5 Å². The van der Waals surface area contributed by atoms with Gasteiger partial charge in [0.1, 0.15) is 6.10 Å². The van der Waals surface area contributed by atoms with Gasteiger partial charge in [-0.15, -0.1) is 0 Å². The van der Waals surface area contributed by atoms with Crippen LogP contribution in [0.25, 0.3) is 11.2 Å². The topological polar surface area (TPSA) is 134 Å². The normalized spacial score (nSPS) is 27.4. The first-order valence-electron chi connectivity index (χ1n) is 7.40. The van der Waals surface area contributed by atoms with E-state index in [2.05, 4.69) is 16.0 Å². The van der Waals surface area contributed by atoms with Crippen LogP contribution < -0.4 is 15.9 Å². The summed E-state index contributed by atoms with van der Waals surface area (Å²) in [5, 5.41) is 19.3. The quantitative estimate of drug-likeness (QED) is 0.642. The minimum atomic E-state index is -0.795. The number of rotatable bonds is 3. The van der Waals surface area contributed by atoms with E-state index >= 15 is 0 Å². The molecule has 3 heterocycles. The first-order valence-corrected chi connectivity index (χ1v) is 7.40. The zero-order valence-electron chi connectivity index (χ0n) is 12.9. The number of hydrogen-bond donors (Lipinski definition) is 3. The molecule has 9 nitrogen and oxygen atoms in total. The van der Waals surface area contributed by atoms with Crippen LogP contribution in [0, 0.1) is 17.2 Å². The summed E-state index contributed by atoms with van der Waals surface area (Å²) in [5.41, 5.74) is 5.98. The van der Waals surface area contributed by atoms with E-state index in [1.807, 2.05) is 6.92 Å². The highest BCUT2D eigenvalue weighted by Crippen LogP contribution is 2.37. The third-order valence-electron chi connectivity index (χ3n) is 4.34. The van der Waals surface area contributed by atoms with Crippen LogP contribution in [-0.2, 0) is 11.8 Å². The molecular weight excluding hydrogens is 300 g/mol. The summed E-state index contributed by atoms with van der Waals surface area (Å²) in [6.07, 6.45) is 0.886. The highest BCUT2D eigenvalue weighted by atomic mass is 16.5. The lowest BCUT2D eigenvalue weighted by Crippen LogP contribution is -2.32. The van der Waals surface area contributed by atoms with Crippen molar-refractivity contribution >= 4 is 17.1 Å². The van der Waals surface area contributed by atoms with Gasteiger partial charge in [0, 0.05) is 12.3 Å². The third kappa shape index (κ3) is 2.46. The number of nitriles is 1. The Morgan fingerprint density at radius 2 is 2.39 bits per heavy atom. The molecule has 3 rings (SSSR count). The number of fused-ring (bicyclic) bond motifs is 1. The maximum atomic E-state index is 12.1. The van der Waals surface area contributed by atoms with Gasteiger partial charge in [-0.25, -0.2) is 4.57 Å². The highest BCUT2D eigenvalue weighted by Gasteiger charge is 2.46. The number of aliphatic hydroxyl groups is 1. The zero-order valence-corrected chi connectivity index (χ0v) is 12.9. The molecule has 0 aliphatic carbocycles. The molecule has 1 unspecified atom stereocenters. The van der Waals surface area contributed by atoms with Crippen LogP contribution in [0.1, 0.15) is 26.0 Å². The minimum Gasteiger partial charge on any atom is -0.386 e. The second-order valence-electron chi connectivity index (χ2n) is 5.84. The molecule has 1 aliphatic heterocycles. The lowest BCUT2D eigenvalue weighted by molar-refractivity contribution is -0.646.